The Morgan fingerprint density at radius 3 is 2.74 bits per heavy atom. The third-order valence-corrected chi connectivity index (χ3v) is 3.39. The number of urea groups is 1. The molecule has 1 heterocycles. The zero-order valence-corrected chi connectivity index (χ0v) is 11.3. The van der Waals surface area contributed by atoms with Gasteiger partial charge < -0.3 is 20.0 Å². The molecule has 2 N–H and O–H groups in total. The van der Waals surface area contributed by atoms with Crippen molar-refractivity contribution in [2.24, 2.45) is 5.92 Å². The van der Waals surface area contributed by atoms with Crippen LogP contribution in [0.15, 0.2) is 12.7 Å². The maximum Gasteiger partial charge on any atom is 0.326 e. The third kappa shape index (κ3) is 3.96. The lowest BCUT2D eigenvalue weighted by molar-refractivity contribution is -0.144. The summed E-state index contributed by atoms with van der Waals surface area (Å²) < 4.78 is 0. The molecule has 2 atom stereocenters. The van der Waals surface area contributed by atoms with E-state index in [0.717, 1.165) is 6.42 Å². The first-order valence-electron chi connectivity index (χ1n) is 6.51. The minimum Gasteiger partial charge on any atom is -0.480 e. The molecule has 19 heavy (non-hydrogen) atoms. The molecular formula is C13H22N2O4. The fourth-order valence-electron chi connectivity index (χ4n) is 2.33. The number of carbonyl (C=O) groups is 2. The molecule has 108 valence electrons. The largest absolute Gasteiger partial charge is 0.480 e. The monoisotopic (exact) mass is 270 g/mol. The lowest BCUT2D eigenvalue weighted by atomic mass is 9.92. The zero-order chi connectivity index (χ0) is 14.4. The molecule has 2 amide bonds. The van der Waals surface area contributed by atoms with Crippen LogP contribution in [0.4, 0.5) is 4.79 Å². The summed E-state index contributed by atoms with van der Waals surface area (Å²) in [6, 6.07) is -1.12. The molecule has 1 rings (SSSR count). The fraction of sp³-hybridized carbons (Fsp3) is 0.692. The van der Waals surface area contributed by atoms with Crippen molar-refractivity contribution >= 4 is 12.0 Å². The lowest BCUT2D eigenvalue weighted by Gasteiger charge is -2.38. The quantitative estimate of drug-likeness (QED) is 0.723. The van der Waals surface area contributed by atoms with E-state index in [0.29, 0.717) is 25.4 Å². The molecule has 0 aromatic heterocycles. The predicted octanol–water partition coefficient (Wildman–Crippen LogP) is 0.772. The smallest absolute Gasteiger partial charge is 0.326 e. The van der Waals surface area contributed by atoms with Crippen LogP contribution in [0.5, 0.6) is 0 Å². The molecule has 2 unspecified atom stereocenters. The highest BCUT2D eigenvalue weighted by atomic mass is 16.4. The molecule has 0 spiro atoms. The van der Waals surface area contributed by atoms with E-state index in [4.69, 9.17) is 5.11 Å². The standard InChI is InChI=1S/C13H22N2O4/c1-3-5-14(7-8-16)13(19)15-6-4-10(2)9-11(15)12(17)18/h3,10-11,16H,1,4-9H2,2H3,(H,17,18). The number of likely N-dealkylation sites (tertiary alicyclic amines) is 1. The van der Waals surface area contributed by atoms with Gasteiger partial charge in [-0.15, -0.1) is 6.58 Å². The fourth-order valence-corrected chi connectivity index (χ4v) is 2.33. The summed E-state index contributed by atoms with van der Waals surface area (Å²) >= 11 is 0. The van der Waals surface area contributed by atoms with Crippen LogP contribution < -0.4 is 0 Å². The van der Waals surface area contributed by atoms with Gasteiger partial charge in [0.1, 0.15) is 6.04 Å². The summed E-state index contributed by atoms with van der Waals surface area (Å²) in [7, 11) is 0. The maximum atomic E-state index is 12.3. The molecule has 0 aromatic rings. The number of carboxylic acid groups (broad SMARTS) is 1. The van der Waals surface area contributed by atoms with Crippen LogP contribution in [0.3, 0.4) is 0 Å². The molecule has 0 aromatic carbocycles. The van der Waals surface area contributed by atoms with Gasteiger partial charge in [0.25, 0.3) is 0 Å². The Morgan fingerprint density at radius 2 is 2.21 bits per heavy atom. The van der Waals surface area contributed by atoms with Gasteiger partial charge in [-0.25, -0.2) is 9.59 Å². The van der Waals surface area contributed by atoms with Gasteiger partial charge in [0, 0.05) is 19.6 Å². The molecule has 0 radical (unpaired) electrons. The molecule has 0 bridgehead atoms. The number of carboxylic acids is 1. The average Bonchev–Trinajstić information content (AvgIpc) is 2.37. The van der Waals surface area contributed by atoms with Crippen LogP contribution in [0, 0.1) is 5.92 Å². The van der Waals surface area contributed by atoms with E-state index in [-0.39, 0.29) is 19.2 Å². The summed E-state index contributed by atoms with van der Waals surface area (Å²) in [5.74, 6) is -0.668. The number of aliphatic hydroxyl groups excluding tert-OH is 1. The van der Waals surface area contributed by atoms with E-state index >= 15 is 0 Å². The predicted molar refractivity (Wildman–Crippen MR) is 70.8 cm³/mol. The second-order valence-electron chi connectivity index (χ2n) is 4.92. The highest BCUT2D eigenvalue weighted by Gasteiger charge is 2.36. The highest BCUT2D eigenvalue weighted by Crippen LogP contribution is 2.23. The van der Waals surface area contributed by atoms with Crippen LogP contribution in [-0.4, -0.2) is 64.3 Å². The van der Waals surface area contributed by atoms with Crippen molar-refractivity contribution in [2.45, 2.75) is 25.8 Å². The average molecular weight is 270 g/mol. The zero-order valence-electron chi connectivity index (χ0n) is 11.3. The topological polar surface area (TPSA) is 81.1 Å². The summed E-state index contributed by atoms with van der Waals surface area (Å²) in [6.45, 7) is 6.34. The van der Waals surface area contributed by atoms with Crippen LogP contribution in [0.1, 0.15) is 19.8 Å². The number of amides is 2. The van der Waals surface area contributed by atoms with Crippen molar-refractivity contribution in [1.29, 1.82) is 0 Å². The van der Waals surface area contributed by atoms with E-state index in [9.17, 15) is 14.7 Å². The molecule has 1 aliphatic heterocycles. The Balaban J connectivity index is 2.81. The molecule has 1 saturated heterocycles. The number of hydrogen-bond acceptors (Lipinski definition) is 3. The van der Waals surface area contributed by atoms with Crippen molar-refractivity contribution < 1.29 is 19.8 Å². The van der Waals surface area contributed by atoms with E-state index in [1.807, 2.05) is 6.92 Å². The van der Waals surface area contributed by atoms with Gasteiger partial charge >= 0.3 is 12.0 Å². The third-order valence-electron chi connectivity index (χ3n) is 3.39. The summed E-state index contributed by atoms with van der Waals surface area (Å²) in [5, 5.41) is 18.2. The Labute approximate surface area is 113 Å². The number of carbonyl (C=O) groups excluding carboxylic acids is 1. The molecule has 1 fully saturated rings. The van der Waals surface area contributed by atoms with Crippen molar-refractivity contribution in [2.75, 3.05) is 26.2 Å². The van der Waals surface area contributed by atoms with Crippen molar-refractivity contribution in [3.05, 3.63) is 12.7 Å². The first-order valence-corrected chi connectivity index (χ1v) is 6.51. The Hall–Kier alpha value is -1.56. The molecule has 1 aliphatic rings. The van der Waals surface area contributed by atoms with Crippen LogP contribution in [-0.2, 0) is 4.79 Å². The lowest BCUT2D eigenvalue weighted by Crippen LogP contribution is -2.54. The van der Waals surface area contributed by atoms with Gasteiger partial charge in [0.15, 0.2) is 0 Å². The van der Waals surface area contributed by atoms with E-state index < -0.39 is 12.0 Å². The van der Waals surface area contributed by atoms with Crippen LogP contribution >= 0.6 is 0 Å². The van der Waals surface area contributed by atoms with Crippen molar-refractivity contribution in [1.82, 2.24) is 9.80 Å². The number of hydrogen-bond donors (Lipinski definition) is 2. The van der Waals surface area contributed by atoms with Crippen molar-refractivity contribution in [3.8, 4) is 0 Å². The van der Waals surface area contributed by atoms with E-state index in [2.05, 4.69) is 6.58 Å². The number of rotatable bonds is 5. The number of piperidine rings is 1. The van der Waals surface area contributed by atoms with Gasteiger partial charge in [-0.3, -0.25) is 0 Å². The summed E-state index contributed by atoms with van der Waals surface area (Å²) in [4.78, 5) is 26.4. The number of aliphatic hydroxyl groups is 1. The van der Waals surface area contributed by atoms with Crippen LogP contribution in [0.25, 0.3) is 0 Å². The first kappa shape index (κ1) is 15.5. The Morgan fingerprint density at radius 1 is 1.53 bits per heavy atom. The number of aliphatic carboxylic acids is 1. The minimum atomic E-state index is -0.970. The van der Waals surface area contributed by atoms with Gasteiger partial charge in [0.05, 0.1) is 6.61 Å². The van der Waals surface area contributed by atoms with Gasteiger partial charge in [-0.05, 0) is 18.8 Å². The molecule has 0 saturated carbocycles. The van der Waals surface area contributed by atoms with Gasteiger partial charge in [-0.2, -0.15) is 0 Å². The molecule has 6 nitrogen and oxygen atoms in total. The maximum absolute atomic E-state index is 12.3. The number of nitrogens with zero attached hydrogens (tertiary/aromatic N) is 2. The summed E-state index contributed by atoms with van der Waals surface area (Å²) in [6.07, 6.45) is 2.84. The van der Waals surface area contributed by atoms with E-state index in [1.54, 1.807) is 6.08 Å². The molecular weight excluding hydrogens is 248 g/mol. The first-order chi connectivity index (χ1) is 9.01. The molecule has 0 aliphatic carbocycles. The van der Waals surface area contributed by atoms with Crippen LogP contribution in [0.2, 0.25) is 0 Å². The Bertz CT molecular complexity index is 346. The minimum absolute atomic E-state index is 0.151. The van der Waals surface area contributed by atoms with E-state index in [1.165, 1.54) is 9.80 Å². The second-order valence-corrected chi connectivity index (χ2v) is 4.92. The second kappa shape index (κ2) is 7.13. The van der Waals surface area contributed by atoms with Crippen molar-refractivity contribution in [3.63, 3.8) is 0 Å². The van der Waals surface area contributed by atoms with Gasteiger partial charge in [-0.1, -0.05) is 13.0 Å². The highest BCUT2D eigenvalue weighted by molar-refractivity contribution is 5.83. The SMILES string of the molecule is C=CCN(CCO)C(=O)N1CCC(C)CC1C(=O)O. The Kier molecular flexibility index (Phi) is 5.82. The summed E-state index contributed by atoms with van der Waals surface area (Å²) in [5.41, 5.74) is 0. The normalized spacial score (nSPS) is 22.9. The molecule has 6 heteroatoms. The van der Waals surface area contributed by atoms with Gasteiger partial charge in [0.2, 0.25) is 0 Å².